The molecule has 114 valence electrons. The van der Waals surface area contributed by atoms with Gasteiger partial charge in [0, 0.05) is 30.4 Å². The van der Waals surface area contributed by atoms with Gasteiger partial charge in [0.1, 0.15) is 0 Å². The van der Waals surface area contributed by atoms with Gasteiger partial charge in [-0.05, 0) is 53.9 Å². The van der Waals surface area contributed by atoms with Crippen LogP contribution in [-0.2, 0) is 6.54 Å². The molecule has 20 heavy (non-hydrogen) atoms. The Morgan fingerprint density at radius 2 is 2.05 bits per heavy atom. The van der Waals surface area contributed by atoms with Crippen LogP contribution >= 0.6 is 11.3 Å². The molecule has 0 unspecified atom stereocenters. The largest absolute Gasteiger partial charge is 0.348 e. The first-order chi connectivity index (χ1) is 9.65. The number of nitrogens with one attached hydrogen (secondary N) is 1. The van der Waals surface area contributed by atoms with Crippen molar-refractivity contribution in [2.75, 3.05) is 45.7 Å². The molecule has 0 saturated heterocycles. The van der Waals surface area contributed by atoms with Crippen LogP contribution < -0.4 is 10.2 Å². The second kappa shape index (κ2) is 7.38. The van der Waals surface area contributed by atoms with Gasteiger partial charge in [-0.1, -0.05) is 0 Å². The average Bonchev–Trinajstić information content (AvgIpc) is 3.17. The van der Waals surface area contributed by atoms with E-state index in [4.69, 9.17) is 4.98 Å². The monoisotopic (exact) mass is 296 g/mol. The van der Waals surface area contributed by atoms with E-state index >= 15 is 0 Å². The number of anilines is 1. The summed E-state index contributed by atoms with van der Waals surface area (Å²) in [6, 6.07) is 0. The van der Waals surface area contributed by atoms with Crippen LogP contribution in [0.4, 0.5) is 5.13 Å². The van der Waals surface area contributed by atoms with Crippen LogP contribution in [0.2, 0.25) is 0 Å². The predicted molar refractivity (Wildman–Crippen MR) is 87.9 cm³/mol. The van der Waals surface area contributed by atoms with Gasteiger partial charge in [0.15, 0.2) is 5.13 Å². The van der Waals surface area contributed by atoms with Gasteiger partial charge >= 0.3 is 0 Å². The smallest absolute Gasteiger partial charge is 0.185 e. The number of nitrogens with zero attached hydrogens (tertiary/aromatic N) is 3. The van der Waals surface area contributed by atoms with E-state index in [1.807, 2.05) is 18.4 Å². The molecule has 0 atom stereocenters. The molecule has 1 aliphatic carbocycles. The van der Waals surface area contributed by atoms with Crippen molar-refractivity contribution in [3.63, 3.8) is 0 Å². The summed E-state index contributed by atoms with van der Waals surface area (Å²) in [5, 5.41) is 4.50. The molecule has 2 rings (SSSR count). The molecule has 0 bridgehead atoms. The molecule has 1 heterocycles. The molecule has 1 fully saturated rings. The summed E-state index contributed by atoms with van der Waals surface area (Å²) in [5.41, 5.74) is 1.37. The minimum atomic E-state index is 0.740. The van der Waals surface area contributed by atoms with Crippen molar-refractivity contribution >= 4 is 16.5 Å². The quantitative estimate of drug-likeness (QED) is 0.759. The van der Waals surface area contributed by atoms with E-state index in [1.54, 1.807) is 0 Å². The summed E-state index contributed by atoms with van der Waals surface area (Å²) in [4.78, 5) is 11.1. The van der Waals surface area contributed by atoms with Crippen LogP contribution in [-0.4, -0.2) is 50.7 Å². The van der Waals surface area contributed by atoms with Crippen LogP contribution in [0.3, 0.4) is 0 Å². The summed E-state index contributed by atoms with van der Waals surface area (Å²) in [6.07, 6.45) is 3.85. The number of thiazole rings is 1. The maximum atomic E-state index is 4.95. The fourth-order valence-corrected chi connectivity index (χ4v) is 3.66. The third-order valence-electron chi connectivity index (χ3n) is 3.70. The molecule has 0 amide bonds. The topological polar surface area (TPSA) is 31.4 Å². The van der Waals surface area contributed by atoms with Crippen molar-refractivity contribution in [2.45, 2.75) is 38.6 Å². The highest BCUT2D eigenvalue weighted by Gasteiger charge is 2.30. The zero-order valence-electron chi connectivity index (χ0n) is 13.3. The summed E-state index contributed by atoms with van der Waals surface area (Å²) in [6.45, 7) is 6.47. The summed E-state index contributed by atoms with van der Waals surface area (Å²) < 4.78 is 0. The van der Waals surface area contributed by atoms with Crippen molar-refractivity contribution in [3.05, 3.63) is 10.6 Å². The van der Waals surface area contributed by atoms with Gasteiger partial charge in [0.2, 0.25) is 0 Å². The maximum Gasteiger partial charge on any atom is 0.185 e. The minimum absolute atomic E-state index is 0.740. The van der Waals surface area contributed by atoms with Gasteiger partial charge in [-0.25, -0.2) is 4.98 Å². The van der Waals surface area contributed by atoms with Crippen molar-refractivity contribution in [3.8, 4) is 0 Å². The molecular weight excluding hydrogens is 268 g/mol. The van der Waals surface area contributed by atoms with Gasteiger partial charge in [-0.15, -0.1) is 11.3 Å². The lowest BCUT2D eigenvalue weighted by Crippen LogP contribution is -2.26. The van der Waals surface area contributed by atoms with Crippen LogP contribution in [0.15, 0.2) is 0 Å². The molecule has 1 aromatic heterocycles. The van der Waals surface area contributed by atoms with Crippen LogP contribution in [0, 0.1) is 0 Å². The zero-order chi connectivity index (χ0) is 14.5. The first kappa shape index (κ1) is 15.7. The molecule has 1 aliphatic rings. The third-order valence-corrected chi connectivity index (χ3v) is 4.84. The molecule has 1 aromatic rings. The fraction of sp³-hybridized carbons (Fsp3) is 0.800. The third kappa shape index (κ3) is 4.17. The number of hydrogen-bond acceptors (Lipinski definition) is 5. The predicted octanol–water partition coefficient (Wildman–Crippen LogP) is 2.52. The Kier molecular flexibility index (Phi) is 5.81. The fourth-order valence-electron chi connectivity index (χ4n) is 2.42. The van der Waals surface area contributed by atoms with E-state index in [-0.39, 0.29) is 0 Å². The maximum absolute atomic E-state index is 4.95. The molecule has 0 aliphatic heterocycles. The highest BCUT2D eigenvalue weighted by molar-refractivity contribution is 7.15. The highest BCUT2D eigenvalue weighted by atomic mass is 32.1. The van der Waals surface area contributed by atoms with Crippen LogP contribution in [0.5, 0.6) is 0 Å². The van der Waals surface area contributed by atoms with E-state index < -0.39 is 0 Å². The van der Waals surface area contributed by atoms with Gasteiger partial charge in [-0.2, -0.15) is 0 Å². The Morgan fingerprint density at radius 1 is 1.30 bits per heavy atom. The molecule has 0 spiro atoms. The molecular formula is C15H28N4S. The average molecular weight is 296 g/mol. The summed E-state index contributed by atoms with van der Waals surface area (Å²) in [5.74, 6) is 0.740. The van der Waals surface area contributed by atoms with Crippen molar-refractivity contribution < 1.29 is 0 Å². The van der Waals surface area contributed by atoms with Crippen molar-refractivity contribution in [1.82, 2.24) is 15.2 Å². The Morgan fingerprint density at radius 3 is 2.60 bits per heavy atom. The van der Waals surface area contributed by atoms with E-state index in [0.717, 1.165) is 32.1 Å². The Bertz CT molecular complexity index is 412. The van der Waals surface area contributed by atoms with Gasteiger partial charge < -0.3 is 15.1 Å². The highest BCUT2D eigenvalue weighted by Crippen LogP contribution is 2.44. The van der Waals surface area contributed by atoms with Crippen LogP contribution in [0.25, 0.3) is 0 Å². The second-order valence-electron chi connectivity index (χ2n) is 5.85. The molecule has 5 heteroatoms. The SMILES string of the molecule is CCN(CCCN(C)C)c1nc(C2CC2)c(CNC)s1. The van der Waals surface area contributed by atoms with Crippen LogP contribution in [0.1, 0.15) is 42.7 Å². The number of hydrogen-bond donors (Lipinski definition) is 1. The molecule has 1 saturated carbocycles. The Labute approximate surface area is 127 Å². The molecule has 0 radical (unpaired) electrons. The number of rotatable bonds is 9. The lowest BCUT2D eigenvalue weighted by molar-refractivity contribution is 0.400. The van der Waals surface area contributed by atoms with Gasteiger partial charge in [0.05, 0.1) is 5.69 Å². The normalized spacial score (nSPS) is 15.1. The molecule has 0 aromatic carbocycles. The first-order valence-electron chi connectivity index (χ1n) is 7.69. The first-order valence-corrected chi connectivity index (χ1v) is 8.51. The Hall–Kier alpha value is -0.650. The lowest BCUT2D eigenvalue weighted by atomic mass is 10.2. The minimum Gasteiger partial charge on any atom is -0.348 e. The van der Waals surface area contributed by atoms with Crippen molar-refractivity contribution in [2.24, 2.45) is 0 Å². The van der Waals surface area contributed by atoms with E-state index in [1.165, 1.54) is 35.0 Å². The zero-order valence-corrected chi connectivity index (χ0v) is 14.1. The van der Waals surface area contributed by atoms with Crippen molar-refractivity contribution in [1.29, 1.82) is 0 Å². The summed E-state index contributed by atoms with van der Waals surface area (Å²) >= 11 is 1.88. The Balaban J connectivity index is 2.02. The second-order valence-corrected chi connectivity index (χ2v) is 6.91. The van der Waals surface area contributed by atoms with Gasteiger partial charge in [-0.3, -0.25) is 0 Å². The van der Waals surface area contributed by atoms with Gasteiger partial charge in [0.25, 0.3) is 0 Å². The standard InChI is InChI=1S/C15H28N4S/c1-5-19(10-6-9-18(3)4)15-17-14(12-7-8-12)13(20-15)11-16-2/h12,16H,5-11H2,1-4H3. The summed E-state index contributed by atoms with van der Waals surface area (Å²) in [7, 11) is 6.29. The van der Waals surface area contributed by atoms with E-state index in [9.17, 15) is 0 Å². The molecule has 1 N–H and O–H groups in total. The molecule has 4 nitrogen and oxygen atoms in total. The van der Waals surface area contributed by atoms with E-state index in [0.29, 0.717) is 0 Å². The lowest BCUT2D eigenvalue weighted by Gasteiger charge is -2.20. The number of aromatic nitrogens is 1. The van der Waals surface area contributed by atoms with E-state index in [2.05, 4.69) is 36.1 Å².